The first-order valence-corrected chi connectivity index (χ1v) is 9.92. The third-order valence-electron chi connectivity index (χ3n) is 5.27. The van der Waals surface area contributed by atoms with Crippen LogP contribution in [0.4, 0.5) is 0 Å². The SMILES string of the molecule is COc1cc(C=CC(=O)OCC(=O)c2ccc(C3CCCCC3)cc2)ccc1O. The summed E-state index contributed by atoms with van der Waals surface area (Å²) >= 11 is 0. The van der Waals surface area contributed by atoms with Crippen molar-refractivity contribution in [2.75, 3.05) is 13.7 Å². The molecule has 0 radical (unpaired) electrons. The van der Waals surface area contributed by atoms with E-state index in [1.807, 2.05) is 24.3 Å². The fraction of sp³-hybridized carbons (Fsp3) is 0.333. The summed E-state index contributed by atoms with van der Waals surface area (Å²) in [6, 6.07) is 12.4. The number of benzene rings is 2. The number of esters is 1. The standard InChI is InChI=1S/C24H26O5/c1-28-23-15-17(7-13-21(23)25)8-14-24(27)29-16-22(26)20-11-9-19(10-12-20)18-5-3-2-4-6-18/h7-15,18,25H,2-6,16H2,1H3. The van der Waals surface area contributed by atoms with Gasteiger partial charge in [0, 0.05) is 11.6 Å². The molecule has 0 aromatic heterocycles. The van der Waals surface area contributed by atoms with Gasteiger partial charge in [0.2, 0.25) is 0 Å². The van der Waals surface area contributed by atoms with Crippen LogP contribution in [0.2, 0.25) is 0 Å². The van der Waals surface area contributed by atoms with E-state index in [-0.39, 0.29) is 18.1 Å². The Morgan fingerprint density at radius 1 is 1.07 bits per heavy atom. The minimum Gasteiger partial charge on any atom is -0.504 e. The number of phenols is 1. The van der Waals surface area contributed by atoms with Gasteiger partial charge >= 0.3 is 5.97 Å². The van der Waals surface area contributed by atoms with Crippen LogP contribution in [0.15, 0.2) is 48.5 Å². The van der Waals surface area contributed by atoms with Crippen LogP contribution in [0, 0.1) is 0 Å². The maximum Gasteiger partial charge on any atom is 0.331 e. The Labute approximate surface area is 171 Å². The normalized spacial score (nSPS) is 14.7. The van der Waals surface area contributed by atoms with Crippen LogP contribution in [0.25, 0.3) is 6.08 Å². The van der Waals surface area contributed by atoms with Gasteiger partial charge in [0.25, 0.3) is 0 Å². The number of phenolic OH excluding ortho intramolecular Hbond substituents is 1. The minimum atomic E-state index is -0.607. The lowest BCUT2D eigenvalue weighted by Crippen LogP contribution is -2.13. The van der Waals surface area contributed by atoms with Gasteiger partial charge in [0.05, 0.1) is 7.11 Å². The number of ether oxygens (including phenoxy) is 2. The molecule has 2 aromatic carbocycles. The van der Waals surface area contributed by atoms with Crippen LogP contribution in [0.1, 0.15) is 59.5 Å². The van der Waals surface area contributed by atoms with E-state index < -0.39 is 5.97 Å². The number of rotatable bonds is 7. The Bertz CT molecular complexity index is 877. The molecule has 2 aromatic rings. The zero-order chi connectivity index (χ0) is 20.6. The second kappa shape index (κ2) is 9.92. The number of hydrogen-bond donors (Lipinski definition) is 1. The molecule has 0 bridgehead atoms. The molecule has 1 saturated carbocycles. The molecular weight excluding hydrogens is 368 g/mol. The van der Waals surface area contributed by atoms with E-state index in [9.17, 15) is 14.7 Å². The van der Waals surface area contributed by atoms with Gasteiger partial charge in [-0.05, 0) is 48.1 Å². The molecule has 1 fully saturated rings. The molecule has 0 saturated heterocycles. The van der Waals surface area contributed by atoms with Crippen molar-refractivity contribution in [1.29, 1.82) is 0 Å². The van der Waals surface area contributed by atoms with Gasteiger partial charge in [-0.25, -0.2) is 4.79 Å². The summed E-state index contributed by atoms with van der Waals surface area (Å²) in [6.07, 6.45) is 9.05. The highest BCUT2D eigenvalue weighted by Crippen LogP contribution is 2.32. The summed E-state index contributed by atoms with van der Waals surface area (Å²) in [5.74, 6) is 0.0894. The molecule has 1 aliphatic carbocycles. The second-order valence-corrected chi connectivity index (χ2v) is 7.25. The van der Waals surface area contributed by atoms with E-state index in [1.54, 1.807) is 12.1 Å². The smallest absolute Gasteiger partial charge is 0.331 e. The van der Waals surface area contributed by atoms with Crippen LogP contribution in [-0.2, 0) is 9.53 Å². The third-order valence-corrected chi connectivity index (χ3v) is 5.27. The van der Waals surface area contributed by atoms with Gasteiger partial charge in [0.1, 0.15) is 0 Å². The van der Waals surface area contributed by atoms with Gasteiger partial charge in [0.15, 0.2) is 23.9 Å². The van der Waals surface area contributed by atoms with Crippen molar-refractivity contribution in [2.24, 2.45) is 0 Å². The lowest BCUT2D eigenvalue weighted by atomic mass is 9.84. The first-order chi connectivity index (χ1) is 14.1. The summed E-state index contributed by atoms with van der Waals surface area (Å²) in [5, 5.41) is 9.58. The molecule has 5 heteroatoms. The summed E-state index contributed by atoms with van der Waals surface area (Å²) in [4.78, 5) is 24.2. The Balaban J connectivity index is 1.51. The van der Waals surface area contributed by atoms with Crippen LogP contribution in [-0.4, -0.2) is 30.6 Å². The molecule has 0 spiro atoms. The molecular formula is C24H26O5. The van der Waals surface area contributed by atoms with Crippen molar-refractivity contribution >= 4 is 17.8 Å². The number of Topliss-reactive ketones (excluding diaryl/α,β-unsaturated/α-hetero) is 1. The highest BCUT2D eigenvalue weighted by atomic mass is 16.5. The largest absolute Gasteiger partial charge is 0.504 e. The maximum absolute atomic E-state index is 12.3. The molecule has 1 N–H and O–H groups in total. The van der Waals surface area contributed by atoms with Crippen LogP contribution >= 0.6 is 0 Å². The number of aromatic hydroxyl groups is 1. The molecule has 5 nitrogen and oxygen atoms in total. The van der Waals surface area contributed by atoms with Crippen LogP contribution in [0.3, 0.4) is 0 Å². The molecule has 0 atom stereocenters. The summed E-state index contributed by atoms with van der Waals surface area (Å²) in [6.45, 7) is -0.301. The van der Waals surface area contributed by atoms with Gasteiger partial charge in [-0.15, -0.1) is 0 Å². The molecule has 3 rings (SSSR count). The summed E-state index contributed by atoms with van der Waals surface area (Å²) in [7, 11) is 1.45. The number of carbonyl (C=O) groups excluding carboxylic acids is 2. The molecule has 0 aliphatic heterocycles. The highest BCUT2D eigenvalue weighted by molar-refractivity contribution is 5.98. The average molecular weight is 394 g/mol. The monoisotopic (exact) mass is 394 g/mol. The molecule has 0 amide bonds. The van der Waals surface area contributed by atoms with Crippen LogP contribution in [0.5, 0.6) is 11.5 Å². The Morgan fingerprint density at radius 3 is 2.48 bits per heavy atom. The van der Waals surface area contributed by atoms with Crippen molar-refractivity contribution < 1.29 is 24.2 Å². The van der Waals surface area contributed by atoms with Gasteiger partial charge in [-0.1, -0.05) is 49.6 Å². The Morgan fingerprint density at radius 2 is 1.79 bits per heavy atom. The summed E-state index contributed by atoms with van der Waals surface area (Å²) in [5.41, 5.74) is 2.50. The second-order valence-electron chi connectivity index (χ2n) is 7.25. The van der Waals surface area contributed by atoms with E-state index in [1.165, 1.54) is 63.0 Å². The fourth-order valence-corrected chi connectivity index (χ4v) is 3.61. The van der Waals surface area contributed by atoms with Crippen molar-refractivity contribution in [3.05, 3.63) is 65.2 Å². The molecule has 0 heterocycles. The molecule has 29 heavy (non-hydrogen) atoms. The van der Waals surface area contributed by atoms with E-state index in [0.29, 0.717) is 22.8 Å². The average Bonchev–Trinajstić information content (AvgIpc) is 2.77. The predicted molar refractivity (Wildman–Crippen MR) is 111 cm³/mol. The van der Waals surface area contributed by atoms with E-state index in [0.717, 1.165) is 0 Å². The molecule has 152 valence electrons. The van der Waals surface area contributed by atoms with Gasteiger partial charge in [-0.3, -0.25) is 4.79 Å². The Hall–Kier alpha value is -3.08. The van der Waals surface area contributed by atoms with Crippen molar-refractivity contribution in [3.63, 3.8) is 0 Å². The first-order valence-electron chi connectivity index (χ1n) is 9.92. The Kier molecular flexibility index (Phi) is 7.06. The van der Waals surface area contributed by atoms with E-state index >= 15 is 0 Å². The molecule has 1 aliphatic rings. The van der Waals surface area contributed by atoms with Crippen LogP contribution < -0.4 is 4.74 Å². The van der Waals surface area contributed by atoms with Crippen molar-refractivity contribution in [3.8, 4) is 11.5 Å². The fourth-order valence-electron chi connectivity index (χ4n) is 3.61. The zero-order valence-corrected chi connectivity index (χ0v) is 16.6. The van der Waals surface area contributed by atoms with Gasteiger partial charge < -0.3 is 14.6 Å². The van der Waals surface area contributed by atoms with Crippen molar-refractivity contribution in [1.82, 2.24) is 0 Å². The third kappa shape index (κ3) is 5.70. The predicted octanol–water partition coefficient (Wildman–Crippen LogP) is 4.89. The molecule has 0 unspecified atom stereocenters. The lowest BCUT2D eigenvalue weighted by molar-refractivity contribution is -0.136. The van der Waals surface area contributed by atoms with E-state index in [4.69, 9.17) is 9.47 Å². The highest BCUT2D eigenvalue weighted by Gasteiger charge is 2.16. The zero-order valence-electron chi connectivity index (χ0n) is 16.6. The number of carbonyl (C=O) groups is 2. The number of hydrogen-bond acceptors (Lipinski definition) is 5. The topological polar surface area (TPSA) is 72.8 Å². The number of methoxy groups -OCH3 is 1. The maximum atomic E-state index is 12.3. The van der Waals surface area contributed by atoms with Gasteiger partial charge in [-0.2, -0.15) is 0 Å². The van der Waals surface area contributed by atoms with Crippen molar-refractivity contribution in [2.45, 2.75) is 38.0 Å². The lowest BCUT2D eigenvalue weighted by Gasteiger charge is -2.22. The van der Waals surface area contributed by atoms with E-state index in [2.05, 4.69) is 0 Å². The first kappa shape index (κ1) is 20.6. The number of ketones is 1. The summed E-state index contributed by atoms with van der Waals surface area (Å²) < 4.78 is 10.1. The minimum absolute atomic E-state index is 0.0207. The quantitative estimate of drug-likeness (QED) is 0.411.